The number of para-hydroxylation sites is 1. The maximum Gasteiger partial charge on any atom is 0.325 e. The van der Waals surface area contributed by atoms with Gasteiger partial charge in [-0.25, -0.2) is 4.79 Å². The normalized spacial score (nSPS) is 21.5. The first-order valence-electron chi connectivity index (χ1n) is 12.4. The van der Waals surface area contributed by atoms with Crippen LogP contribution >= 0.6 is 0 Å². The van der Waals surface area contributed by atoms with Gasteiger partial charge < -0.3 is 10.2 Å². The lowest BCUT2D eigenvalue weighted by Gasteiger charge is -2.46. The number of rotatable bonds is 7. The number of carbonyl (C=O) groups excluding carboxylic acids is 3. The Labute approximate surface area is 201 Å². The third-order valence-corrected chi connectivity index (χ3v) is 7.33. The van der Waals surface area contributed by atoms with Crippen LogP contribution in [0.1, 0.15) is 51.0 Å². The van der Waals surface area contributed by atoms with Crippen molar-refractivity contribution >= 4 is 23.5 Å². The summed E-state index contributed by atoms with van der Waals surface area (Å²) in [7, 11) is 1.69. The summed E-state index contributed by atoms with van der Waals surface area (Å²) in [5.74, 6) is -0.715. The molecule has 34 heavy (non-hydrogen) atoms. The second-order valence-corrected chi connectivity index (χ2v) is 9.41. The van der Waals surface area contributed by atoms with Crippen molar-refractivity contribution in [3.8, 4) is 0 Å². The topological polar surface area (TPSA) is 82.6 Å². The highest BCUT2D eigenvalue weighted by atomic mass is 16.2. The molecule has 2 aliphatic rings. The van der Waals surface area contributed by atoms with Crippen LogP contribution in [-0.4, -0.2) is 46.9 Å². The lowest BCUT2D eigenvalue weighted by Crippen LogP contribution is -2.71. The smallest absolute Gasteiger partial charge is 0.325 e. The van der Waals surface area contributed by atoms with E-state index in [0.29, 0.717) is 12.3 Å². The van der Waals surface area contributed by atoms with Gasteiger partial charge in [-0.2, -0.15) is 0 Å². The summed E-state index contributed by atoms with van der Waals surface area (Å²) in [4.78, 5) is 46.8. The SMILES string of the molecule is CC[C@@H](NC(=O)N1C(=O)[C@H](Cc2ccncc2)[C@H]1C(=O)N(C)c1ccccc1)C1CCCCC1. The van der Waals surface area contributed by atoms with Crippen LogP contribution in [0.15, 0.2) is 54.9 Å². The van der Waals surface area contributed by atoms with Crippen molar-refractivity contribution in [2.24, 2.45) is 11.8 Å². The Morgan fingerprint density at radius 2 is 1.76 bits per heavy atom. The molecule has 0 spiro atoms. The van der Waals surface area contributed by atoms with Crippen molar-refractivity contribution in [1.82, 2.24) is 15.2 Å². The maximum atomic E-state index is 13.6. The van der Waals surface area contributed by atoms with E-state index in [2.05, 4.69) is 17.2 Å². The van der Waals surface area contributed by atoms with E-state index in [9.17, 15) is 14.4 Å². The number of β-lactam (4-membered cyclic amide) rings is 1. The van der Waals surface area contributed by atoms with Crippen molar-refractivity contribution in [1.29, 1.82) is 0 Å². The summed E-state index contributed by atoms with van der Waals surface area (Å²) in [6.45, 7) is 2.07. The number of amides is 4. The lowest BCUT2D eigenvalue weighted by atomic mass is 9.81. The first kappa shape index (κ1) is 23.9. The summed E-state index contributed by atoms with van der Waals surface area (Å²) in [6, 6.07) is 11.7. The average molecular weight is 463 g/mol. The fourth-order valence-corrected chi connectivity index (χ4v) is 5.32. The predicted octanol–water partition coefficient (Wildman–Crippen LogP) is 4.18. The molecule has 7 nitrogen and oxygen atoms in total. The molecule has 4 rings (SSSR count). The van der Waals surface area contributed by atoms with Crippen molar-refractivity contribution < 1.29 is 14.4 Å². The molecule has 1 saturated heterocycles. The molecule has 4 amide bonds. The minimum Gasteiger partial charge on any atom is -0.335 e. The first-order valence-corrected chi connectivity index (χ1v) is 12.4. The summed E-state index contributed by atoms with van der Waals surface area (Å²) < 4.78 is 0. The molecule has 1 saturated carbocycles. The van der Waals surface area contributed by atoms with Gasteiger partial charge in [-0.15, -0.1) is 0 Å². The van der Waals surface area contributed by atoms with Gasteiger partial charge in [0.15, 0.2) is 0 Å². The highest BCUT2D eigenvalue weighted by molar-refractivity contribution is 6.12. The molecule has 1 aliphatic heterocycles. The number of nitrogens with zero attached hydrogens (tertiary/aromatic N) is 3. The van der Waals surface area contributed by atoms with E-state index in [1.54, 1.807) is 19.4 Å². The number of anilines is 1. The summed E-state index contributed by atoms with van der Waals surface area (Å²) in [6.07, 6.45) is 10.3. The van der Waals surface area contributed by atoms with Crippen LogP contribution in [0.25, 0.3) is 0 Å². The van der Waals surface area contributed by atoms with Crippen LogP contribution in [-0.2, 0) is 16.0 Å². The van der Waals surface area contributed by atoms with Crippen molar-refractivity contribution in [3.63, 3.8) is 0 Å². The van der Waals surface area contributed by atoms with E-state index in [-0.39, 0.29) is 17.9 Å². The van der Waals surface area contributed by atoms with Gasteiger partial charge in [-0.05, 0) is 61.4 Å². The van der Waals surface area contributed by atoms with Gasteiger partial charge in [0.1, 0.15) is 6.04 Å². The number of hydrogen-bond donors (Lipinski definition) is 1. The monoisotopic (exact) mass is 462 g/mol. The Balaban J connectivity index is 1.54. The number of likely N-dealkylation sites (tertiary alicyclic amines) is 1. The number of pyridine rings is 1. The number of carbonyl (C=O) groups is 3. The molecule has 180 valence electrons. The summed E-state index contributed by atoms with van der Waals surface area (Å²) in [5.41, 5.74) is 1.64. The maximum absolute atomic E-state index is 13.6. The molecule has 0 bridgehead atoms. The molecule has 2 heterocycles. The zero-order valence-corrected chi connectivity index (χ0v) is 20.0. The van der Waals surface area contributed by atoms with E-state index in [1.807, 2.05) is 42.5 Å². The number of benzene rings is 1. The third-order valence-electron chi connectivity index (χ3n) is 7.33. The molecule has 1 N–H and O–H groups in total. The van der Waals surface area contributed by atoms with Crippen molar-refractivity contribution in [2.45, 2.75) is 64.0 Å². The van der Waals surface area contributed by atoms with Gasteiger partial charge in [-0.3, -0.25) is 19.5 Å². The number of hydrogen-bond acceptors (Lipinski definition) is 4. The summed E-state index contributed by atoms with van der Waals surface area (Å²) >= 11 is 0. The molecule has 1 aliphatic carbocycles. The highest BCUT2D eigenvalue weighted by Gasteiger charge is 2.55. The second-order valence-electron chi connectivity index (χ2n) is 9.41. The zero-order valence-electron chi connectivity index (χ0n) is 20.0. The van der Waals surface area contributed by atoms with Crippen LogP contribution in [0, 0.1) is 11.8 Å². The van der Waals surface area contributed by atoms with Crippen LogP contribution in [0.3, 0.4) is 0 Å². The van der Waals surface area contributed by atoms with Gasteiger partial charge in [0, 0.05) is 31.2 Å². The first-order chi connectivity index (χ1) is 16.5. The van der Waals surface area contributed by atoms with Crippen LogP contribution in [0.5, 0.6) is 0 Å². The molecule has 7 heteroatoms. The van der Waals surface area contributed by atoms with Crippen LogP contribution < -0.4 is 10.2 Å². The van der Waals surface area contributed by atoms with E-state index >= 15 is 0 Å². The number of nitrogens with one attached hydrogen (secondary N) is 1. The molecule has 0 unspecified atom stereocenters. The summed E-state index contributed by atoms with van der Waals surface area (Å²) in [5, 5.41) is 3.10. The molecule has 1 aromatic heterocycles. The Morgan fingerprint density at radius 1 is 1.09 bits per heavy atom. The van der Waals surface area contributed by atoms with E-state index in [1.165, 1.54) is 24.2 Å². The van der Waals surface area contributed by atoms with Gasteiger partial charge in [-0.1, -0.05) is 44.4 Å². The van der Waals surface area contributed by atoms with Crippen molar-refractivity contribution in [3.05, 3.63) is 60.4 Å². The third kappa shape index (κ3) is 4.98. The Morgan fingerprint density at radius 3 is 2.41 bits per heavy atom. The number of imide groups is 1. The van der Waals surface area contributed by atoms with E-state index in [0.717, 1.165) is 35.4 Å². The second kappa shape index (κ2) is 10.8. The highest BCUT2D eigenvalue weighted by Crippen LogP contribution is 2.33. The van der Waals surface area contributed by atoms with Gasteiger partial charge in [0.25, 0.3) is 5.91 Å². The standard InChI is InChI=1S/C27H34N4O3/c1-3-23(20-10-6-4-7-11-20)29-27(34)31-24(26(33)30(2)21-12-8-5-9-13-21)22(25(31)32)18-19-14-16-28-17-15-19/h5,8-9,12-17,20,22-24H,3-4,6-7,10-11,18H2,1-2H3,(H,29,34)/t22-,23-,24+/m1/s1. The molecule has 2 fully saturated rings. The number of urea groups is 1. The van der Waals surface area contributed by atoms with Crippen LogP contribution in [0.2, 0.25) is 0 Å². The Kier molecular flexibility index (Phi) is 7.60. The van der Waals surface area contributed by atoms with Gasteiger partial charge in [0.05, 0.1) is 5.92 Å². The Bertz CT molecular complexity index is 991. The number of likely N-dealkylation sites (N-methyl/N-ethyl adjacent to an activating group) is 1. The van der Waals surface area contributed by atoms with E-state index < -0.39 is 18.0 Å². The minimum atomic E-state index is -0.838. The van der Waals surface area contributed by atoms with Crippen molar-refractivity contribution in [2.75, 3.05) is 11.9 Å². The lowest BCUT2D eigenvalue weighted by molar-refractivity contribution is -0.156. The fourth-order valence-electron chi connectivity index (χ4n) is 5.32. The molecule has 3 atom stereocenters. The molecule has 2 aromatic rings. The predicted molar refractivity (Wildman–Crippen MR) is 131 cm³/mol. The quantitative estimate of drug-likeness (QED) is 0.626. The van der Waals surface area contributed by atoms with E-state index in [4.69, 9.17) is 0 Å². The average Bonchev–Trinajstić information content (AvgIpc) is 2.89. The zero-order chi connectivity index (χ0) is 24.1. The number of aromatic nitrogens is 1. The fraction of sp³-hybridized carbons (Fsp3) is 0.481. The Hall–Kier alpha value is -3.22. The van der Waals surface area contributed by atoms with Gasteiger partial charge in [0.2, 0.25) is 5.91 Å². The molecule has 0 radical (unpaired) electrons. The van der Waals surface area contributed by atoms with Crippen LogP contribution in [0.4, 0.5) is 10.5 Å². The molecular weight excluding hydrogens is 428 g/mol. The largest absolute Gasteiger partial charge is 0.335 e. The molecule has 1 aromatic carbocycles. The molecular formula is C27H34N4O3. The minimum absolute atomic E-state index is 0.0162. The van der Waals surface area contributed by atoms with Gasteiger partial charge >= 0.3 is 6.03 Å².